The number of piperidine rings is 1. The van der Waals surface area contributed by atoms with Crippen molar-refractivity contribution in [3.8, 4) is 5.75 Å². The minimum Gasteiger partial charge on any atom is -0.482 e. The predicted octanol–water partition coefficient (Wildman–Crippen LogP) is 3.48. The average Bonchev–Trinajstić information content (AvgIpc) is 2.79. The lowest BCUT2D eigenvalue weighted by Gasteiger charge is -2.38. The van der Waals surface area contributed by atoms with Crippen molar-refractivity contribution < 1.29 is 19.1 Å². The fourth-order valence-electron chi connectivity index (χ4n) is 4.49. The number of benzene rings is 2. The highest BCUT2D eigenvalue weighted by Crippen LogP contribution is 2.35. The fraction of sp³-hybridized carbons (Fsp3) is 0.400. The van der Waals surface area contributed by atoms with Gasteiger partial charge in [0.05, 0.1) is 5.69 Å². The summed E-state index contributed by atoms with van der Waals surface area (Å²) in [6, 6.07) is 14.8. The van der Waals surface area contributed by atoms with Crippen molar-refractivity contribution in [2.45, 2.75) is 39.2 Å². The van der Waals surface area contributed by atoms with Crippen molar-refractivity contribution in [2.24, 2.45) is 5.92 Å². The summed E-state index contributed by atoms with van der Waals surface area (Å²) in [4.78, 5) is 41.1. The predicted molar refractivity (Wildman–Crippen MR) is 118 cm³/mol. The molecule has 1 saturated heterocycles. The molecule has 0 spiro atoms. The first kappa shape index (κ1) is 21.1. The van der Waals surface area contributed by atoms with Crippen LogP contribution in [0.4, 0.5) is 5.69 Å². The molecule has 0 radical (unpaired) electrons. The molecule has 2 amide bonds. The number of anilines is 1. The number of rotatable bonds is 5. The molecule has 4 rings (SSSR count). The van der Waals surface area contributed by atoms with Crippen molar-refractivity contribution in [2.75, 3.05) is 24.6 Å². The van der Waals surface area contributed by atoms with Crippen LogP contribution in [0.25, 0.3) is 0 Å². The number of hydrogen-bond acceptors (Lipinski definition) is 4. The van der Waals surface area contributed by atoms with Gasteiger partial charge in [0.25, 0.3) is 5.91 Å². The summed E-state index contributed by atoms with van der Waals surface area (Å²) in [7, 11) is 0. The standard InChI is InChI=1S/C25H28N2O4/c1-17(27-22-15-21(18(2)28)8-9-23(22)31-16-24(27)29)25(30)26-12-10-20(11-13-26)14-19-6-4-3-5-7-19/h3-9,15,17,20H,10-14,16H2,1-2H3. The Kier molecular flexibility index (Phi) is 6.07. The lowest BCUT2D eigenvalue weighted by molar-refractivity contribution is -0.136. The smallest absolute Gasteiger partial charge is 0.265 e. The molecule has 2 aliphatic rings. The van der Waals surface area contributed by atoms with Crippen molar-refractivity contribution >= 4 is 23.3 Å². The number of hydrogen-bond donors (Lipinski definition) is 0. The quantitative estimate of drug-likeness (QED) is 0.695. The number of ketones is 1. The van der Waals surface area contributed by atoms with Gasteiger partial charge in [-0.15, -0.1) is 0 Å². The molecule has 1 unspecified atom stereocenters. The maximum Gasteiger partial charge on any atom is 0.265 e. The Labute approximate surface area is 182 Å². The van der Waals surface area contributed by atoms with Crippen LogP contribution in [-0.4, -0.2) is 48.2 Å². The first-order valence-corrected chi connectivity index (χ1v) is 10.9. The van der Waals surface area contributed by atoms with Gasteiger partial charge in [0, 0.05) is 18.7 Å². The van der Waals surface area contributed by atoms with Crippen LogP contribution in [0.1, 0.15) is 42.6 Å². The van der Waals surface area contributed by atoms with Crippen LogP contribution >= 0.6 is 0 Å². The summed E-state index contributed by atoms with van der Waals surface area (Å²) in [6.45, 7) is 4.51. The van der Waals surface area contributed by atoms with Crippen LogP contribution in [0.5, 0.6) is 5.75 Å². The molecule has 1 fully saturated rings. The van der Waals surface area contributed by atoms with E-state index in [2.05, 4.69) is 24.3 Å². The zero-order chi connectivity index (χ0) is 22.0. The molecule has 2 aromatic carbocycles. The van der Waals surface area contributed by atoms with E-state index in [0.29, 0.717) is 36.0 Å². The van der Waals surface area contributed by atoms with E-state index in [1.165, 1.54) is 17.4 Å². The monoisotopic (exact) mass is 420 g/mol. The average molecular weight is 421 g/mol. The number of nitrogens with zero attached hydrogens (tertiary/aromatic N) is 2. The molecule has 1 atom stereocenters. The first-order chi connectivity index (χ1) is 14.9. The molecule has 0 aliphatic carbocycles. The van der Waals surface area contributed by atoms with E-state index in [-0.39, 0.29) is 24.2 Å². The van der Waals surface area contributed by atoms with E-state index in [4.69, 9.17) is 4.74 Å². The largest absolute Gasteiger partial charge is 0.482 e. The number of fused-ring (bicyclic) bond motifs is 1. The summed E-state index contributed by atoms with van der Waals surface area (Å²) in [5, 5.41) is 0. The van der Waals surface area contributed by atoms with E-state index in [1.54, 1.807) is 25.1 Å². The zero-order valence-corrected chi connectivity index (χ0v) is 18.0. The van der Waals surface area contributed by atoms with Gasteiger partial charge in [-0.3, -0.25) is 19.3 Å². The molecule has 2 aromatic rings. The molecule has 2 aliphatic heterocycles. The molecule has 2 heterocycles. The van der Waals surface area contributed by atoms with Crippen LogP contribution < -0.4 is 9.64 Å². The van der Waals surface area contributed by atoms with Gasteiger partial charge in [0.15, 0.2) is 12.4 Å². The second-order valence-corrected chi connectivity index (χ2v) is 8.43. The normalized spacial score (nSPS) is 17.7. The number of likely N-dealkylation sites (tertiary alicyclic amines) is 1. The first-order valence-electron chi connectivity index (χ1n) is 10.9. The second-order valence-electron chi connectivity index (χ2n) is 8.43. The van der Waals surface area contributed by atoms with Gasteiger partial charge in [0.1, 0.15) is 11.8 Å². The third-order valence-electron chi connectivity index (χ3n) is 6.28. The molecular weight excluding hydrogens is 392 g/mol. The lowest BCUT2D eigenvalue weighted by atomic mass is 9.90. The Hall–Kier alpha value is -3.15. The summed E-state index contributed by atoms with van der Waals surface area (Å²) in [5.74, 6) is 0.650. The maximum atomic E-state index is 13.3. The SMILES string of the molecule is CC(=O)c1ccc2c(c1)N(C(C)C(=O)N1CCC(Cc3ccccc3)CC1)C(=O)CO2. The Morgan fingerprint density at radius 2 is 1.81 bits per heavy atom. The van der Waals surface area contributed by atoms with Crippen LogP contribution in [0, 0.1) is 5.92 Å². The molecule has 0 bridgehead atoms. The fourth-order valence-corrected chi connectivity index (χ4v) is 4.49. The van der Waals surface area contributed by atoms with Crippen LogP contribution in [0.2, 0.25) is 0 Å². The second kappa shape index (κ2) is 8.92. The number of carbonyl (C=O) groups is 3. The lowest BCUT2D eigenvalue weighted by Crippen LogP contribution is -2.53. The van der Waals surface area contributed by atoms with Crippen LogP contribution in [-0.2, 0) is 16.0 Å². The van der Waals surface area contributed by atoms with E-state index in [0.717, 1.165) is 19.3 Å². The summed E-state index contributed by atoms with van der Waals surface area (Å²) >= 11 is 0. The molecule has 6 nitrogen and oxygen atoms in total. The van der Waals surface area contributed by atoms with Crippen molar-refractivity contribution in [1.82, 2.24) is 4.90 Å². The molecule has 31 heavy (non-hydrogen) atoms. The Morgan fingerprint density at radius 3 is 2.48 bits per heavy atom. The highest BCUT2D eigenvalue weighted by Gasteiger charge is 2.36. The molecule has 0 saturated carbocycles. The summed E-state index contributed by atoms with van der Waals surface area (Å²) in [5.41, 5.74) is 2.31. The van der Waals surface area contributed by atoms with Crippen LogP contribution in [0.3, 0.4) is 0 Å². The van der Waals surface area contributed by atoms with Crippen LogP contribution in [0.15, 0.2) is 48.5 Å². The third kappa shape index (κ3) is 4.48. The minimum absolute atomic E-state index is 0.0624. The Balaban J connectivity index is 1.44. The highest BCUT2D eigenvalue weighted by atomic mass is 16.5. The van der Waals surface area contributed by atoms with Gasteiger partial charge in [0.2, 0.25) is 5.91 Å². The van der Waals surface area contributed by atoms with Gasteiger partial charge in [-0.05, 0) is 62.8 Å². The molecule has 0 N–H and O–H groups in total. The van der Waals surface area contributed by atoms with Crippen molar-refractivity contribution in [3.05, 3.63) is 59.7 Å². The maximum absolute atomic E-state index is 13.3. The van der Waals surface area contributed by atoms with Gasteiger partial charge in [-0.2, -0.15) is 0 Å². The van der Waals surface area contributed by atoms with Gasteiger partial charge < -0.3 is 9.64 Å². The van der Waals surface area contributed by atoms with Gasteiger partial charge in [-0.1, -0.05) is 30.3 Å². The summed E-state index contributed by atoms with van der Waals surface area (Å²) in [6.07, 6.45) is 2.94. The third-order valence-corrected chi connectivity index (χ3v) is 6.28. The number of ether oxygens (including phenoxy) is 1. The van der Waals surface area contributed by atoms with E-state index < -0.39 is 6.04 Å². The number of Topliss-reactive ketones (excluding diaryl/α,β-unsaturated/α-hetero) is 1. The van der Waals surface area contributed by atoms with Gasteiger partial charge >= 0.3 is 0 Å². The van der Waals surface area contributed by atoms with E-state index in [9.17, 15) is 14.4 Å². The molecule has 162 valence electrons. The number of amides is 2. The Bertz CT molecular complexity index is 980. The molecule has 6 heteroatoms. The molecule has 0 aromatic heterocycles. The minimum atomic E-state index is -0.650. The topological polar surface area (TPSA) is 66.9 Å². The van der Waals surface area contributed by atoms with Gasteiger partial charge in [-0.25, -0.2) is 0 Å². The Morgan fingerprint density at radius 1 is 1.10 bits per heavy atom. The number of carbonyl (C=O) groups excluding carboxylic acids is 3. The highest BCUT2D eigenvalue weighted by molar-refractivity contribution is 6.05. The van der Waals surface area contributed by atoms with Crippen molar-refractivity contribution in [3.63, 3.8) is 0 Å². The van der Waals surface area contributed by atoms with Crippen molar-refractivity contribution in [1.29, 1.82) is 0 Å². The molecular formula is C25H28N2O4. The summed E-state index contributed by atoms with van der Waals surface area (Å²) < 4.78 is 5.52. The zero-order valence-electron chi connectivity index (χ0n) is 18.0. The van der Waals surface area contributed by atoms with E-state index >= 15 is 0 Å². The van der Waals surface area contributed by atoms with E-state index in [1.807, 2.05) is 11.0 Å².